The van der Waals surface area contributed by atoms with E-state index in [9.17, 15) is 9.59 Å². The van der Waals surface area contributed by atoms with Crippen LogP contribution in [0.5, 0.6) is 11.5 Å². The van der Waals surface area contributed by atoms with Gasteiger partial charge in [0.05, 0.1) is 17.0 Å². The summed E-state index contributed by atoms with van der Waals surface area (Å²) in [6.07, 6.45) is 0. The minimum atomic E-state index is -0.252. The largest absolute Gasteiger partial charge is 0.454 e. The average Bonchev–Trinajstić information content (AvgIpc) is 3.22. The summed E-state index contributed by atoms with van der Waals surface area (Å²) < 4.78 is 10.7. The first-order valence-corrected chi connectivity index (χ1v) is 9.76. The summed E-state index contributed by atoms with van der Waals surface area (Å²) in [6.45, 7) is 4.37. The number of hydrogen-bond acceptors (Lipinski definition) is 5. The maximum absolute atomic E-state index is 13.1. The summed E-state index contributed by atoms with van der Waals surface area (Å²) >= 11 is 1.42. The highest BCUT2D eigenvalue weighted by Gasteiger charge is 2.39. The molecule has 2 heterocycles. The molecule has 2 aliphatic heterocycles. The van der Waals surface area contributed by atoms with E-state index in [1.165, 1.54) is 16.7 Å². The third kappa shape index (κ3) is 3.21. The molecule has 4 rings (SSSR count). The highest BCUT2D eigenvalue weighted by molar-refractivity contribution is 8.04. The van der Waals surface area contributed by atoms with Gasteiger partial charge in [-0.15, -0.1) is 11.8 Å². The van der Waals surface area contributed by atoms with E-state index in [2.05, 4.69) is 0 Å². The highest BCUT2D eigenvalue weighted by atomic mass is 32.2. The molecule has 5 nitrogen and oxygen atoms in total. The van der Waals surface area contributed by atoms with Crippen molar-refractivity contribution >= 4 is 29.1 Å². The van der Waals surface area contributed by atoms with Crippen molar-refractivity contribution in [3.63, 3.8) is 0 Å². The van der Waals surface area contributed by atoms with E-state index in [1.54, 1.807) is 6.07 Å². The van der Waals surface area contributed by atoms with Crippen LogP contribution in [0.2, 0.25) is 0 Å². The van der Waals surface area contributed by atoms with E-state index in [0.29, 0.717) is 22.0 Å². The quantitative estimate of drug-likeness (QED) is 0.738. The molecule has 0 atom stereocenters. The molecule has 2 amide bonds. The molecular formula is C21H19NO4S. The molecule has 27 heavy (non-hydrogen) atoms. The van der Waals surface area contributed by atoms with Crippen LogP contribution in [0, 0.1) is 6.92 Å². The molecule has 2 aromatic rings. The zero-order chi connectivity index (χ0) is 19.0. The standard InChI is InChI=1S/C21H19NO4S/c1-3-27-19-18(15-7-4-13(2)5-8-15)20(23)22(21(19)24)11-14-6-9-16-17(10-14)26-12-25-16/h4-10H,3,11-12H2,1-2H3. The van der Waals surface area contributed by atoms with Gasteiger partial charge in [0.15, 0.2) is 11.5 Å². The van der Waals surface area contributed by atoms with Crippen molar-refractivity contribution in [2.75, 3.05) is 12.5 Å². The smallest absolute Gasteiger partial charge is 0.268 e. The first-order chi connectivity index (χ1) is 13.1. The maximum Gasteiger partial charge on any atom is 0.268 e. The fourth-order valence-electron chi connectivity index (χ4n) is 3.17. The van der Waals surface area contributed by atoms with Crippen LogP contribution in [0.15, 0.2) is 47.4 Å². The van der Waals surface area contributed by atoms with Crippen molar-refractivity contribution in [3.05, 3.63) is 64.1 Å². The molecule has 0 bridgehead atoms. The topological polar surface area (TPSA) is 55.8 Å². The molecule has 0 N–H and O–H groups in total. The van der Waals surface area contributed by atoms with E-state index in [1.807, 2.05) is 50.2 Å². The van der Waals surface area contributed by atoms with Crippen LogP contribution >= 0.6 is 11.8 Å². The molecule has 0 saturated heterocycles. The molecule has 0 aromatic heterocycles. The molecule has 2 aliphatic rings. The van der Waals surface area contributed by atoms with E-state index in [0.717, 1.165) is 22.4 Å². The predicted molar refractivity (Wildman–Crippen MR) is 104 cm³/mol. The molecule has 138 valence electrons. The second kappa shape index (κ2) is 7.12. The van der Waals surface area contributed by atoms with E-state index in [4.69, 9.17) is 9.47 Å². The van der Waals surface area contributed by atoms with Gasteiger partial charge >= 0.3 is 0 Å². The molecule has 0 aliphatic carbocycles. The summed E-state index contributed by atoms with van der Waals surface area (Å²) in [5.74, 6) is 1.55. The number of aryl methyl sites for hydroxylation is 1. The monoisotopic (exact) mass is 381 g/mol. The minimum Gasteiger partial charge on any atom is -0.454 e. The fourth-order valence-corrected chi connectivity index (χ4v) is 4.04. The highest BCUT2D eigenvalue weighted by Crippen LogP contribution is 2.38. The van der Waals surface area contributed by atoms with E-state index < -0.39 is 0 Å². The van der Waals surface area contributed by atoms with Gasteiger partial charge in [-0.2, -0.15) is 0 Å². The van der Waals surface area contributed by atoms with Crippen molar-refractivity contribution in [2.45, 2.75) is 20.4 Å². The Morgan fingerprint density at radius 1 is 1.00 bits per heavy atom. The molecule has 0 saturated carbocycles. The fraction of sp³-hybridized carbons (Fsp3) is 0.238. The SMILES string of the molecule is CCSC1=C(c2ccc(C)cc2)C(=O)N(Cc2ccc3c(c2)OCO3)C1=O. The number of ether oxygens (including phenoxy) is 2. The van der Waals surface area contributed by atoms with Gasteiger partial charge in [0.2, 0.25) is 6.79 Å². The Kier molecular flexibility index (Phi) is 4.66. The van der Waals surface area contributed by atoms with Gasteiger partial charge in [-0.3, -0.25) is 14.5 Å². The Labute approximate surface area is 162 Å². The lowest BCUT2D eigenvalue weighted by Crippen LogP contribution is -2.30. The van der Waals surface area contributed by atoms with Gasteiger partial charge in [-0.25, -0.2) is 0 Å². The number of thioether (sulfide) groups is 1. The Morgan fingerprint density at radius 2 is 1.74 bits per heavy atom. The van der Waals surface area contributed by atoms with Crippen LogP contribution in [-0.4, -0.2) is 29.3 Å². The first-order valence-electron chi connectivity index (χ1n) is 8.77. The predicted octanol–water partition coefficient (Wildman–Crippen LogP) is 3.76. The van der Waals surface area contributed by atoms with Gasteiger partial charge in [0.1, 0.15) is 0 Å². The first kappa shape index (κ1) is 17.7. The summed E-state index contributed by atoms with van der Waals surface area (Å²) in [5.41, 5.74) is 3.21. The lowest BCUT2D eigenvalue weighted by molar-refractivity contribution is -0.137. The molecule has 2 aromatic carbocycles. The lowest BCUT2D eigenvalue weighted by Gasteiger charge is -2.15. The summed E-state index contributed by atoms with van der Waals surface area (Å²) in [7, 11) is 0. The Hall–Kier alpha value is -2.73. The van der Waals surface area contributed by atoms with Crippen LogP contribution < -0.4 is 9.47 Å². The zero-order valence-corrected chi connectivity index (χ0v) is 16.0. The van der Waals surface area contributed by atoms with Gasteiger partial charge in [-0.05, 0) is 35.9 Å². The second-order valence-corrected chi connectivity index (χ2v) is 7.66. The van der Waals surface area contributed by atoms with Crippen molar-refractivity contribution < 1.29 is 19.1 Å². The van der Waals surface area contributed by atoms with Gasteiger partial charge in [-0.1, -0.05) is 42.8 Å². The normalized spacial score (nSPS) is 15.9. The Morgan fingerprint density at radius 3 is 2.48 bits per heavy atom. The molecule has 6 heteroatoms. The minimum absolute atomic E-state index is 0.191. The lowest BCUT2D eigenvalue weighted by atomic mass is 10.0. The number of hydrogen-bond donors (Lipinski definition) is 0. The number of rotatable bonds is 5. The van der Waals surface area contributed by atoms with Crippen LogP contribution in [0.25, 0.3) is 5.57 Å². The molecule has 0 radical (unpaired) electrons. The van der Waals surface area contributed by atoms with Crippen LogP contribution in [0.1, 0.15) is 23.6 Å². The third-order valence-corrected chi connectivity index (χ3v) is 5.49. The molecule has 0 fully saturated rings. The number of benzene rings is 2. The average molecular weight is 381 g/mol. The van der Waals surface area contributed by atoms with Crippen molar-refractivity contribution in [1.29, 1.82) is 0 Å². The Bertz CT molecular complexity index is 949. The summed E-state index contributed by atoms with van der Waals surface area (Å²) in [4.78, 5) is 27.9. The van der Waals surface area contributed by atoms with Gasteiger partial charge in [0, 0.05) is 0 Å². The van der Waals surface area contributed by atoms with Crippen LogP contribution in [-0.2, 0) is 16.1 Å². The van der Waals surface area contributed by atoms with Crippen molar-refractivity contribution in [3.8, 4) is 11.5 Å². The molecule has 0 unspecified atom stereocenters. The van der Waals surface area contributed by atoms with E-state index >= 15 is 0 Å². The van der Waals surface area contributed by atoms with Crippen LogP contribution in [0.3, 0.4) is 0 Å². The number of carbonyl (C=O) groups excluding carboxylic acids is 2. The van der Waals surface area contributed by atoms with Crippen molar-refractivity contribution in [2.24, 2.45) is 0 Å². The van der Waals surface area contributed by atoms with E-state index in [-0.39, 0.29) is 25.2 Å². The van der Waals surface area contributed by atoms with Gasteiger partial charge < -0.3 is 9.47 Å². The number of carbonyl (C=O) groups is 2. The molecular weight excluding hydrogens is 362 g/mol. The summed E-state index contributed by atoms with van der Waals surface area (Å²) in [5, 5.41) is 0. The summed E-state index contributed by atoms with van der Waals surface area (Å²) in [6, 6.07) is 13.2. The number of imide groups is 1. The number of amides is 2. The number of fused-ring (bicyclic) bond motifs is 1. The number of nitrogens with zero attached hydrogens (tertiary/aromatic N) is 1. The second-order valence-electron chi connectivity index (χ2n) is 6.39. The Balaban J connectivity index is 1.65. The van der Waals surface area contributed by atoms with Gasteiger partial charge in [0.25, 0.3) is 11.8 Å². The molecule has 0 spiro atoms. The third-order valence-electron chi connectivity index (χ3n) is 4.53. The zero-order valence-electron chi connectivity index (χ0n) is 15.2. The van der Waals surface area contributed by atoms with Crippen LogP contribution in [0.4, 0.5) is 0 Å². The van der Waals surface area contributed by atoms with Crippen molar-refractivity contribution in [1.82, 2.24) is 4.90 Å². The maximum atomic E-state index is 13.1.